The van der Waals surface area contributed by atoms with Gasteiger partial charge in [0.2, 0.25) is 5.91 Å². The van der Waals surface area contributed by atoms with Crippen molar-refractivity contribution in [2.45, 2.75) is 13.3 Å². The van der Waals surface area contributed by atoms with E-state index in [1.807, 2.05) is 31.2 Å². The molecule has 0 aliphatic carbocycles. The highest BCUT2D eigenvalue weighted by atomic mass is 19.1. The van der Waals surface area contributed by atoms with Crippen LogP contribution in [0.15, 0.2) is 42.5 Å². The lowest BCUT2D eigenvalue weighted by atomic mass is 10.1. The fourth-order valence-electron chi connectivity index (χ4n) is 2.01. The van der Waals surface area contributed by atoms with E-state index in [2.05, 4.69) is 5.32 Å². The first kappa shape index (κ1) is 15.9. The Labute approximate surface area is 127 Å². The van der Waals surface area contributed by atoms with Crippen molar-refractivity contribution >= 4 is 5.91 Å². The van der Waals surface area contributed by atoms with Crippen molar-refractivity contribution in [2.24, 2.45) is 0 Å². The highest BCUT2D eigenvalue weighted by Crippen LogP contribution is 2.17. The third kappa shape index (κ3) is 4.84. The molecule has 0 saturated heterocycles. The summed E-state index contributed by atoms with van der Waals surface area (Å²) in [7, 11) is 0. The van der Waals surface area contributed by atoms with E-state index in [0.717, 1.165) is 23.3 Å². The second-order valence-corrected chi connectivity index (χ2v) is 4.94. The molecule has 0 aliphatic heterocycles. The van der Waals surface area contributed by atoms with Crippen molar-refractivity contribution in [3.63, 3.8) is 0 Å². The Balaban J connectivity index is 1.73. The van der Waals surface area contributed by atoms with E-state index in [0.29, 0.717) is 0 Å². The van der Waals surface area contributed by atoms with Crippen molar-refractivity contribution in [1.29, 1.82) is 0 Å². The molecular formula is C17H17F2NO2. The first-order valence-corrected chi connectivity index (χ1v) is 6.94. The number of ether oxygens (including phenoxy) is 1. The third-order valence-corrected chi connectivity index (χ3v) is 3.02. The average Bonchev–Trinajstić information content (AvgIpc) is 2.45. The van der Waals surface area contributed by atoms with Crippen LogP contribution in [0.2, 0.25) is 0 Å². The highest BCUT2D eigenvalue weighted by molar-refractivity contribution is 5.78. The Kier molecular flexibility index (Phi) is 5.47. The lowest BCUT2D eigenvalue weighted by molar-refractivity contribution is -0.120. The van der Waals surface area contributed by atoms with Gasteiger partial charge in [-0.1, -0.05) is 29.8 Å². The Morgan fingerprint density at radius 3 is 2.73 bits per heavy atom. The number of hydrogen-bond donors (Lipinski definition) is 1. The number of hydrogen-bond acceptors (Lipinski definition) is 2. The van der Waals surface area contributed by atoms with Crippen LogP contribution in [0.4, 0.5) is 8.78 Å². The van der Waals surface area contributed by atoms with Crippen LogP contribution in [0.5, 0.6) is 5.75 Å². The van der Waals surface area contributed by atoms with Gasteiger partial charge in [0.1, 0.15) is 12.4 Å². The summed E-state index contributed by atoms with van der Waals surface area (Å²) in [5, 5.41) is 2.69. The van der Waals surface area contributed by atoms with E-state index >= 15 is 0 Å². The van der Waals surface area contributed by atoms with Crippen LogP contribution in [-0.4, -0.2) is 19.1 Å². The fourth-order valence-corrected chi connectivity index (χ4v) is 2.01. The minimum absolute atomic E-state index is 0.0330. The molecule has 0 atom stereocenters. The van der Waals surface area contributed by atoms with Crippen molar-refractivity contribution < 1.29 is 18.3 Å². The molecule has 1 N–H and O–H groups in total. The van der Waals surface area contributed by atoms with Crippen LogP contribution >= 0.6 is 0 Å². The molecule has 0 unspecified atom stereocenters. The van der Waals surface area contributed by atoms with E-state index in [4.69, 9.17) is 4.74 Å². The van der Waals surface area contributed by atoms with Crippen LogP contribution in [0.3, 0.4) is 0 Å². The van der Waals surface area contributed by atoms with Crippen molar-refractivity contribution in [3.8, 4) is 5.75 Å². The first-order valence-electron chi connectivity index (χ1n) is 6.94. The molecule has 2 aromatic carbocycles. The topological polar surface area (TPSA) is 38.3 Å². The summed E-state index contributed by atoms with van der Waals surface area (Å²) in [6.07, 6.45) is 0.284. The van der Waals surface area contributed by atoms with Gasteiger partial charge in [-0.15, -0.1) is 0 Å². The number of nitrogens with one attached hydrogen (secondary N) is 1. The second kappa shape index (κ2) is 7.54. The van der Waals surface area contributed by atoms with Crippen molar-refractivity contribution in [3.05, 3.63) is 65.2 Å². The SMILES string of the molecule is Cc1cccc(CC(=O)NCCOc2ccc(F)cc2F)c1. The standard InChI is InChI=1S/C17H17F2NO2/c1-12-3-2-4-13(9-12)10-17(21)20-7-8-22-16-6-5-14(18)11-15(16)19/h2-6,9,11H,7-8,10H2,1H3,(H,20,21). The Bertz CT molecular complexity index is 659. The molecule has 1 amide bonds. The molecule has 0 fully saturated rings. The molecule has 0 aromatic heterocycles. The molecule has 2 rings (SSSR count). The van der Waals surface area contributed by atoms with E-state index < -0.39 is 11.6 Å². The Hall–Kier alpha value is -2.43. The van der Waals surface area contributed by atoms with Gasteiger partial charge in [-0.05, 0) is 24.6 Å². The lowest BCUT2D eigenvalue weighted by Crippen LogP contribution is -2.29. The molecule has 5 heteroatoms. The summed E-state index contributed by atoms with van der Waals surface area (Å²) in [5.74, 6) is -1.58. The zero-order valence-corrected chi connectivity index (χ0v) is 12.2. The molecular weight excluding hydrogens is 288 g/mol. The van der Waals surface area contributed by atoms with Crippen molar-refractivity contribution in [1.82, 2.24) is 5.32 Å². The predicted molar refractivity (Wildman–Crippen MR) is 79.7 cm³/mol. The van der Waals surface area contributed by atoms with Crippen LogP contribution in [-0.2, 0) is 11.2 Å². The summed E-state index contributed by atoms with van der Waals surface area (Å²) in [4.78, 5) is 11.8. The summed E-state index contributed by atoms with van der Waals surface area (Å²) >= 11 is 0. The zero-order chi connectivity index (χ0) is 15.9. The van der Waals surface area contributed by atoms with Gasteiger partial charge in [-0.25, -0.2) is 8.78 Å². The average molecular weight is 305 g/mol. The maximum atomic E-state index is 13.3. The fraction of sp³-hybridized carbons (Fsp3) is 0.235. The van der Waals surface area contributed by atoms with Gasteiger partial charge in [-0.2, -0.15) is 0 Å². The molecule has 0 spiro atoms. The van der Waals surface area contributed by atoms with E-state index in [9.17, 15) is 13.6 Å². The van der Waals surface area contributed by atoms with Gasteiger partial charge in [0.15, 0.2) is 11.6 Å². The molecule has 22 heavy (non-hydrogen) atoms. The zero-order valence-electron chi connectivity index (χ0n) is 12.2. The van der Waals surface area contributed by atoms with Crippen LogP contribution in [0.25, 0.3) is 0 Å². The number of rotatable bonds is 6. The normalized spacial score (nSPS) is 10.3. The maximum absolute atomic E-state index is 13.3. The number of carbonyl (C=O) groups is 1. The van der Waals surface area contributed by atoms with Crippen LogP contribution < -0.4 is 10.1 Å². The smallest absolute Gasteiger partial charge is 0.224 e. The lowest BCUT2D eigenvalue weighted by Gasteiger charge is -2.09. The number of aryl methyl sites for hydroxylation is 1. The molecule has 0 aliphatic rings. The molecule has 116 valence electrons. The summed E-state index contributed by atoms with van der Waals surface area (Å²) in [6, 6.07) is 10.8. The number of halogens is 2. The molecule has 0 radical (unpaired) electrons. The van der Waals surface area contributed by atoms with Gasteiger partial charge in [0, 0.05) is 6.07 Å². The number of amides is 1. The second-order valence-electron chi connectivity index (χ2n) is 4.94. The minimum Gasteiger partial charge on any atom is -0.489 e. The molecule has 0 bridgehead atoms. The van der Waals surface area contributed by atoms with E-state index in [1.54, 1.807) is 0 Å². The number of benzene rings is 2. The van der Waals surface area contributed by atoms with Crippen LogP contribution in [0.1, 0.15) is 11.1 Å². The van der Waals surface area contributed by atoms with Crippen LogP contribution in [0, 0.1) is 18.6 Å². The van der Waals surface area contributed by atoms with E-state index in [1.165, 1.54) is 6.07 Å². The van der Waals surface area contributed by atoms with E-state index in [-0.39, 0.29) is 31.2 Å². The molecule has 3 nitrogen and oxygen atoms in total. The summed E-state index contributed by atoms with van der Waals surface area (Å²) in [6.45, 7) is 2.33. The van der Waals surface area contributed by atoms with Gasteiger partial charge in [0.05, 0.1) is 13.0 Å². The quantitative estimate of drug-likeness (QED) is 0.833. The van der Waals surface area contributed by atoms with Gasteiger partial charge < -0.3 is 10.1 Å². The molecule has 0 heterocycles. The monoisotopic (exact) mass is 305 g/mol. The molecule has 2 aromatic rings. The first-order chi connectivity index (χ1) is 10.5. The third-order valence-electron chi connectivity index (χ3n) is 3.02. The Morgan fingerprint density at radius 1 is 1.18 bits per heavy atom. The van der Waals surface area contributed by atoms with Gasteiger partial charge in [0.25, 0.3) is 0 Å². The molecule has 0 saturated carbocycles. The summed E-state index contributed by atoms with van der Waals surface area (Å²) in [5.41, 5.74) is 2.03. The number of carbonyl (C=O) groups excluding carboxylic acids is 1. The Morgan fingerprint density at radius 2 is 2.00 bits per heavy atom. The van der Waals surface area contributed by atoms with Gasteiger partial charge >= 0.3 is 0 Å². The minimum atomic E-state index is -0.758. The largest absolute Gasteiger partial charge is 0.489 e. The maximum Gasteiger partial charge on any atom is 0.224 e. The van der Waals surface area contributed by atoms with Crippen molar-refractivity contribution in [2.75, 3.05) is 13.2 Å². The predicted octanol–water partition coefficient (Wildman–Crippen LogP) is 3.01. The summed E-state index contributed by atoms with van der Waals surface area (Å²) < 4.78 is 31.2. The van der Waals surface area contributed by atoms with Gasteiger partial charge in [-0.3, -0.25) is 4.79 Å². The highest BCUT2D eigenvalue weighted by Gasteiger charge is 2.06.